The Morgan fingerprint density at radius 3 is 2.54 bits per heavy atom. The zero-order valence-electron chi connectivity index (χ0n) is 20.5. The van der Waals surface area contributed by atoms with Gasteiger partial charge in [0.25, 0.3) is 0 Å². The molecule has 0 saturated heterocycles. The van der Waals surface area contributed by atoms with Crippen molar-refractivity contribution >= 4 is 18.4 Å². The highest BCUT2D eigenvalue weighted by Gasteiger charge is 2.44. The third kappa shape index (κ3) is 5.81. The highest BCUT2D eigenvalue weighted by atomic mass is 16.6. The molecule has 1 amide bonds. The zero-order chi connectivity index (χ0) is 26.1. The second kappa shape index (κ2) is 11.9. The molecule has 12 nitrogen and oxygen atoms in total. The molecule has 1 atom stereocenters. The second-order valence-corrected chi connectivity index (χ2v) is 8.13. The summed E-state index contributed by atoms with van der Waals surface area (Å²) in [6, 6.07) is 15.9. The molecule has 0 saturated carbocycles. The van der Waals surface area contributed by atoms with Crippen LogP contribution in [0.1, 0.15) is 18.9 Å². The van der Waals surface area contributed by atoms with Gasteiger partial charge in [0.15, 0.2) is 6.73 Å². The Kier molecular flexibility index (Phi) is 8.21. The molecule has 1 aromatic heterocycles. The molecular weight excluding hydrogens is 476 g/mol. The molecule has 0 bridgehead atoms. The van der Waals surface area contributed by atoms with Gasteiger partial charge in [-0.25, -0.2) is 14.6 Å². The van der Waals surface area contributed by atoms with Gasteiger partial charge in [-0.15, -0.1) is 10.2 Å². The van der Waals surface area contributed by atoms with E-state index >= 15 is 0 Å². The lowest BCUT2D eigenvalue weighted by Crippen LogP contribution is -2.54. The van der Waals surface area contributed by atoms with Crippen LogP contribution < -0.4 is 10.6 Å². The first-order valence-corrected chi connectivity index (χ1v) is 11.7. The quantitative estimate of drug-likeness (QED) is 0.280. The number of rotatable bonds is 10. The van der Waals surface area contributed by atoms with Crippen LogP contribution in [0.2, 0.25) is 0 Å². The third-order valence-electron chi connectivity index (χ3n) is 5.78. The summed E-state index contributed by atoms with van der Waals surface area (Å²) >= 11 is 0. The van der Waals surface area contributed by atoms with E-state index in [-0.39, 0.29) is 6.73 Å². The van der Waals surface area contributed by atoms with Crippen molar-refractivity contribution < 1.29 is 19.1 Å². The number of benzene rings is 2. The number of methoxy groups -OCH3 is 1. The number of nitrogens with one attached hydrogen (secondary N) is 3. The molecule has 0 spiro atoms. The highest BCUT2D eigenvalue weighted by Crippen LogP contribution is 2.31. The summed E-state index contributed by atoms with van der Waals surface area (Å²) in [4.78, 5) is 31.0. The van der Waals surface area contributed by atoms with E-state index < -0.39 is 17.7 Å². The SMILES string of the molecule is CCCN(Cc1ccc(-c2ccccc2-c2nn[nH]n2)cc1)C1(C(=O)OCNC(=O)OC)C=CNC=N1. The molecule has 2 aromatic carbocycles. The van der Waals surface area contributed by atoms with Crippen LogP contribution in [0.15, 0.2) is 65.8 Å². The molecule has 1 aliphatic heterocycles. The number of aromatic nitrogens is 4. The molecule has 0 aliphatic carbocycles. The Bertz CT molecular complexity index is 1250. The lowest BCUT2D eigenvalue weighted by atomic mass is 9.98. The molecule has 3 N–H and O–H groups in total. The van der Waals surface area contributed by atoms with Crippen LogP contribution in [0, 0.1) is 0 Å². The van der Waals surface area contributed by atoms with Crippen LogP contribution in [0.3, 0.4) is 0 Å². The number of carbonyl (C=O) groups is 2. The van der Waals surface area contributed by atoms with Gasteiger partial charge in [-0.05, 0) is 34.4 Å². The van der Waals surface area contributed by atoms with Crippen molar-refractivity contribution in [2.75, 3.05) is 20.4 Å². The van der Waals surface area contributed by atoms with Crippen LogP contribution in [-0.4, -0.2) is 70.0 Å². The average Bonchev–Trinajstić information content (AvgIpc) is 3.48. The zero-order valence-corrected chi connectivity index (χ0v) is 20.5. The van der Waals surface area contributed by atoms with Gasteiger partial charge in [0.1, 0.15) is 0 Å². The molecule has 0 fully saturated rings. The standard InChI is InChI=1S/C25H28N8O4/c1-3-14-33(25(12-13-26-16-28-25)23(34)37-17-27-24(35)36-2)15-18-8-10-19(11-9-18)20-6-4-5-7-21(20)22-29-31-32-30-22/h4-13,16H,3,14-15,17H2,1-2H3,(H,26,28)(H,27,35)(H,29,30,31,32). The van der Waals surface area contributed by atoms with Crippen LogP contribution in [0.25, 0.3) is 22.5 Å². The Balaban J connectivity index is 1.56. The second-order valence-electron chi connectivity index (χ2n) is 8.13. The molecule has 3 aromatic rings. The minimum atomic E-state index is -1.39. The Labute approximate surface area is 213 Å². The molecular formula is C25H28N8O4. The number of hydrogen-bond acceptors (Lipinski definition) is 10. The minimum absolute atomic E-state index is 0.335. The van der Waals surface area contributed by atoms with Gasteiger partial charge in [-0.3, -0.25) is 10.2 Å². The van der Waals surface area contributed by atoms with E-state index in [1.807, 2.05) is 60.4 Å². The normalized spacial score (nSPS) is 16.3. The van der Waals surface area contributed by atoms with E-state index in [0.29, 0.717) is 18.9 Å². The first-order valence-electron chi connectivity index (χ1n) is 11.7. The maximum absolute atomic E-state index is 13.2. The van der Waals surface area contributed by atoms with E-state index in [9.17, 15) is 9.59 Å². The predicted molar refractivity (Wildman–Crippen MR) is 136 cm³/mol. The van der Waals surface area contributed by atoms with Crippen molar-refractivity contribution in [2.45, 2.75) is 25.6 Å². The van der Waals surface area contributed by atoms with Crippen LogP contribution >= 0.6 is 0 Å². The van der Waals surface area contributed by atoms with Gasteiger partial charge in [0, 0.05) is 24.9 Å². The maximum atomic E-state index is 13.2. The molecule has 37 heavy (non-hydrogen) atoms. The first kappa shape index (κ1) is 25.5. The van der Waals surface area contributed by atoms with Crippen molar-refractivity contribution in [3.63, 3.8) is 0 Å². The van der Waals surface area contributed by atoms with Gasteiger partial charge < -0.3 is 14.8 Å². The van der Waals surface area contributed by atoms with Gasteiger partial charge in [0.2, 0.25) is 11.5 Å². The van der Waals surface area contributed by atoms with E-state index in [2.05, 4.69) is 41.0 Å². The monoisotopic (exact) mass is 504 g/mol. The number of hydrogen-bond donors (Lipinski definition) is 3. The van der Waals surface area contributed by atoms with Gasteiger partial charge in [-0.1, -0.05) is 55.5 Å². The number of nitrogens with zero attached hydrogens (tertiary/aromatic N) is 5. The molecule has 1 unspecified atom stereocenters. The fourth-order valence-electron chi connectivity index (χ4n) is 4.02. The van der Waals surface area contributed by atoms with Crippen molar-refractivity contribution in [1.29, 1.82) is 0 Å². The Hall–Kier alpha value is -4.58. The number of ether oxygens (including phenoxy) is 2. The van der Waals surface area contributed by atoms with Crippen LogP contribution in [0.4, 0.5) is 4.79 Å². The number of aliphatic imine (C=N–C) groups is 1. The maximum Gasteiger partial charge on any atom is 0.409 e. The number of alkyl carbamates (subject to hydrolysis) is 1. The summed E-state index contributed by atoms with van der Waals surface area (Å²) in [5, 5.41) is 19.6. The molecule has 4 rings (SSSR count). The summed E-state index contributed by atoms with van der Waals surface area (Å²) in [7, 11) is 1.23. The number of H-pyrrole nitrogens is 1. The summed E-state index contributed by atoms with van der Waals surface area (Å²) in [5.41, 5.74) is 2.44. The minimum Gasteiger partial charge on any atom is -0.453 e. The van der Waals surface area contributed by atoms with E-state index in [1.54, 1.807) is 12.3 Å². The van der Waals surface area contributed by atoms with Crippen molar-refractivity contribution in [2.24, 2.45) is 4.99 Å². The van der Waals surface area contributed by atoms with Gasteiger partial charge in [-0.2, -0.15) is 5.21 Å². The van der Waals surface area contributed by atoms with Crippen LogP contribution in [0.5, 0.6) is 0 Å². The largest absolute Gasteiger partial charge is 0.453 e. The number of tetrazole rings is 1. The first-order chi connectivity index (χ1) is 18.1. The fraction of sp³-hybridized carbons (Fsp3) is 0.280. The Morgan fingerprint density at radius 2 is 1.89 bits per heavy atom. The van der Waals surface area contributed by atoms with E-state index in [0.717, 1.165) is 28.7 Å². The van der Waals surface area contributed by atoms with Crippen molar-refractivity contribution in [1.82, 2.24) is 36.2 Å². The summed E-state index contributed by atoms with van der Waals surface area (Å²) in [6.07, 6.45) is 4.83. The summed E-state index contributed by atoms with van der Waals surface area (Å²) in [5.74, 6) is -0.0940. The number of amides is 1. The topological polar surface area (TPSA) is 147 Å². The Morgan fingerprint density at radius 1 is 1.11 bits per heavy atom. The highest BCUT2D eigenvalue weighted by molar-refractivity contribution is 5.86. The van der Waals surface area contributed by atoms with E-state index in [1.165, 1.54) is 13.4 Å². The van der Waals surface area contributed by atoms with Gasteiger partial charge in [0.05, 0.1) is 13.4 Å². The molecule has 12 heteroatoms. The number of aromatic amines is 1. The van der Waals surface area contributed by atoms with Crippen molar-refractivity contribution in [3.8, 4) is 22.5 Å². The van der Waals surface area contributed by atoms with Gasteiger partial charge >= 0.3 is 12.1 Å². The smallest absolute Gasteiger partial charge is 0.409 e. The third-order valence-corrected chi connectivity index (χ3v) is 5.78. The number of esters is 1. The molecule has 0 radical (unpaired) electrons. The summed E-state index contributed by atoms with van der Waals surface area (Å²) in [6.45, 7) is 2.70. The molecule has 192 valence electrons. The fourth-order valence-corrected chi connectivity index (χ4v) is 4.02. The van der Waals surface area contributed by atoms with E-state index in [4.69, 9.17) is 4.74 Å². The van der Waals surface area contributed by atoms with Crippen molar-refractivity contribution in [3.05, 3.63) is 66.4 Å². The lowest BCUT2D eigenvalue weighted by molar-refractivity contribution is -0.155. The number of carbonyl (C=O) groups excluding carboxylic acids is 2. The average molecular weight is 505 g/mol. The summed E-state index contributed by atoms with van der Waals surface area (Å²) < 4.78 is 9.86. The lowest BCUT2D eigenvalue weighted by Gasteiger charge is -2.37. The molecule has 2 heterocycles. The van der Waals surface area contributed by atoms with Crippen LogP contribution in [-0.2, 0) is 20.8 Å². The predicted octanol–water partition coefficient (Wildman–Crippen LogP) is 2.44. The molecule has 1 aliphatic rings.